The van der Waals surface area contributed by atoms with Gasteiger partial charge in [0, 0.05) is 11.4 Å². The molecule has 0 amide bonds. The Morgan fingerprint density at radius 1 is 0.962 bits per heavy atom. The predicted molar refractivity (Wildman–Crippen MR) is 107 cm³/mol. The quantitative estimate of drug-likeness (QED) is 0.454. The lowest BCUT2D eigenvalue weighted by Crippen LogP contribution is -1.96. The molecule has 3 nitrogen and oxygen atoms in total. The summed E-state index contributed by atoms with van der Waals surface area (Å²) in [5.74, 6) is 0.806. The van der Waals surface area contributed by atoms with Gasteiger partial charge in [-0.1, -0.05) is 53.7 Å². The normalized spacial score (nSPS) is 10.8. The van der Waals surface area contributed by atoms with Gasteiger partial charge in [0.1, 0.15) is 0 Å². The molecular weight excluding hydrogens is 338 g/mol. The third-order valence-electron chi connectivity index (χ3n) is 4.27. The zero-order valence-electron chi connectivity index (χ0n) is 14.4. The van der Waals surface area contributed by atoms with Crippen LogP contribution < -0.4 is 0 Å². The summed E-state index contributed by atoms with van der Waals surface area (Å²) in [5, 5.41) is 9.90. The van der Waals surface area contributed by atoms with Crippen molar-refractivity contribution in [3.8, 4) is 11.8 Å². The van der Waals surface area contributed by atoms with Gasteiger partial charge in [-0.25, -0.2) is 4.98 Å². The molecule has 4 aromatic rings. The van der Waals surface area contributed by atoms with Crippen LogP contribution in [-0.4, -0.2) is 9.55 Å². The molecule has 26 heavy (non-hydrogen) atoms. The van der Waals surface area contributed by atoms with Crippen LogP contribution in [0, 0.1) is 18.3 Å². The molecule has 4 heteroatoms. The molecule has 1 heterocycles. The van der Waals surface area contributed by atoms with E-state index in [1.807, 2.05) is 42.5 Å². The Balaban J connectivity index is 1.70. The van der Waals surface area contributed by atoms with Crippen LogP contribution in [0.4, 0.5) is 0 Å². The van der Waals surface area contributed by atoms with Crippen molar-refractivity contribution in [2.75, 3.05) is 0 Å². The lowest BCUT2D eigenvalue weighted by atomic mass is 10.2. The van der Waals surface area contributed by atoms with Crippen LogP contribution in [0.25, 0.3) is 16.7 Å². The predicted octanol–water partition coefficient (Wildman–Crippen LogP) is 5.50. The van der Waals surface area contributed by atoms with Crippen molar-refractivity contribution >= 4 is 22.8 Å². The first kappa shape index (κ1) is 16.4. The summed E-state index contributed by atoms with van der Waals surface area (Å²) in [5.41, 5.74) is 6.33. The van der Waals surface area contributed by atoms with Gasteiger partial charge in [0.05, 0.1) is 22.7 Å². The fraction of sp³-hybridized carbons (Fsp3) is 0.0909. The molecule has 0 aliphatic carbocycles. The number of fused-ring (bicyclic) bond motifs is 1. The molecule has 0 atom stereocenters. The average Bonchev–Trinajstić information content (AvgIpc) is 3.06. The van der Waals surface area contributed by atoms with Crippen LogP contribution >= 0.6 is 11.8 Å². The van der Waals surface area contributed by atoms with E-state index in [9.17, 15) is 0 Å². The third-order valence-corrected chi connectivity index (χ3v) is 5.28. The number of nitrogens with zero attached hydrogens (tertiary/aromatic N) is 3. The van der Waals surface area contributed by atoms with Crippen molar-refractivity contribution in [2.24, 2.45) is 0 Å². The van der Waals surface area contributed by atoms with E-state index in [2.05, 4.69) is 47.9 Å². The van der Waals surface area contributed by atoms with E-state index in [0.29, 0.717) is 5.56 Å². The second kappa shape index (κ2) is 7.07. The number of rotatable bonds is 4. The molecule has 0 saturated heterocycles. The maximum absolute atomic E-state index is 8.93. The Labute approximate surface area is 156 Å². The molecule has 0 unspecified atom stereocenters. The van der Waals surface area contributed by atoms with Crippen LogP contribution in [0.1, 0.15) is 16.7 Å². The van der Waals surface area contributed by atoms with Gasteiger partial charge in [0.2, 0.25) is 0 Å². The highest BCUT2D eigenvalue weighted by Gasteiger charge is 2.12. The van der Waals surface area contributed by atoms with Crippen LogP contribution in [0.2, 0.25) is 0 Å². The van der Waals surface area contributed by atoms with Gasteiger partial charge in [-0.2, -0.15) is 5.26 Å². The summed E-state index contributed by atoms with van der Waals surface area (Å²) in [4.78, 5) is 4.83. The highest BCUT2D eigenvalue weighted by molar-refractivity contribution is 7.98. The largest absolute Gasteiger partial charge is 0.287 e. The molecule has 0 bridgehead atoms. The van der Waals surface area contributed by atoms with E-state index >= 15 is 0 Å². The van der Waals surface area contributed by atoms with Crippen molar-refractivity contribution < 1.29 is 0 Å². The van der Waals surface area contributed by atoms with Crippen molar-refractivity contribution in [3.63, 3.8) is 0 Å². The number of nitriles is 1. The molecule has 0 spiro atoms. The Morgan fingerprint density at radius 2 is 1.69 bits per heavy atom. The van der Waals surface area contributed by atoms with Crippen LogP contribution in [0.3, 0.4) is 0 Å². The first-order chi connectivity index (χ1) is 12.7. The fourth-order valence-electron chi connectivity index (χ4n) is 2.87. The lowest BCUT2D eigenvalue weighted by molar-refractivity contribution is 0.918. The number of aryl methyl sites for hydroxylation is 1. The number of imidazole rings is 1. The summed E-state index contributed by atoms with van der Waals surface area (Å²) in [6, 6.07) is 26.6. The Bertz CT molecular complexity index is 1090. The van der Waals surface area contributed by atoms with Crippen molar-refractivity contribution in [2.45, 2.75) is 17.8 Å². The number of hydrogen-bond donors (Lipinski definition) is 0. The monoisotopic (exact) mass is 355 g/mol. The molecule has 0 fully saturated rings. The smallest absolute Gasteiger partial charge is 0.174 e. The summed E-state index contributed by atoms with van der Waals surface area (Å²) >= 11 is 1.71. The molecule has 4 rings (SSSR count). The van der Waals surface area contributed by atoms with E-state index < -0.39 is 0 Å². The van der Waals surface area contributed by atoms with Gasteiger partial charge in [-0.05, 0) is 48.9 Å². The molecule has 0 saturated carbocycles. The van der Waals surface area contributed by atoms with Gasteiger partial charge in [0.25, 0.3) is 0 Å². The summed E-state index contributed by atoms with van der Waals surface area (Å²) in [7, 11) is 0. The van der Waals surface area contributed by atoms with Gasteiger partial charge in [-0.3, -0.25) is 4.57 Å². The second-order valence-corrected chi connectivity index (χ2v) is 7.09. The molecule has 0 aliphatic heterocycles. The number of hydrogen-bond acceptors (Lipinski definition) is 3. The first-order valence-electron chi connectivity index (χ1n) is 8.41. The molecule has 0 radical (unpaired) electrons. The maximum Gasteiger partial charge on any atom is 0.174 e. The van der Waals surface area contributed by atoms with E-state index in [4.69, 9.17) is 10.2 Å². The molecule has 126 valence electrons. The summed E-state index contributed by atoms with van der Waals surface area (Å²) < 4.78 is 2.21. The molecule has 1 aromatic heterocycles. The number of benzene rings is 3. The first-order valence-corrected chi connectivity index (χ1v) is 9.39. The van der Waals surface area contributed by atoms with Crippen LogP contribution in [-0.2, 0) is 5.75 Å². The molecular formula is C22H17N3S. The SMILES string of the molecule is Cc1ccc(-n2c(SCc3ccc(C#N)cc3)nc3ccccc32)cc1. The minimum absolute atomic E-state index is 0.686. The lowest BCUT2D eigenvalue weighted by Gasteiger charge is -2.09. The Morgan fingerprint density at radius 3 is 2.42 bits per heavy atom. The van der Waals surface area contributed by atoms with Crippen molar-refractivity contribution in [1.82, 2.24) is 9.55 Å². The highest BCUT2D eigenvalue weighted by Crippen LogP contribution is 2.30. The van der Waals surface area contributed by atoms with Crippen LogP contribution in [0.15, 0.2) is 78.0 Å². The van der Waals surface area contributed by atoms with E-state index in [0.717, 1.165) is 27.6 Å². The fourth-order valence-corrected chi connectivity index (χ4v) is 3.85. The molecule has 3 aromatic carbocycles. The summed E-state index contributed by atoms with van der Waals surface area (Å²) in [6.07, 6.45) is 0. The van der Waals surface area contributed by atoms with Gasteiger partial charge in [0.15, 0.2) is 5.16 Å². The van der Waals surface area contributed by atoms with Gasteiger partial charge in [-0.15, -0.1) is 0 Å². The van der Waals surface area contributed by atoms with Gasteiger partial charge < -0.3 is 0 Å². The van der Waals surface area contributed by atoms with E-state index in [1.165, 1.54) is 11.1 Å². The van der Waals surface area contributed by atoms with E-state index in [-0.39, 0.29) is 0 Å². The number of thioether (sulfide) groups is 1. The highest BCUT2D eigenvalue weighted by atomic mass is 32.2. The Kier molecular flexibility index (Phi) is 4.47. The average molecular weight is 355 g/mol. The zero-order chi connectivity index (χ0) is 17.9. The second-order valence-electron chi connectivity index (χ2n) is 6.15. The zero-order valence-corrected chi connectivity index (χ0v) is 15.2. The van der Waals surface area contributed by atoms with E-state index in [1.54, 1.807) is 11.8 Å². The Hall–Kier alpha value is -3.03. The van der Waals surface area contributed by atoms with Crippen LogP contribution in [0.5, 0.6) is 0 Å². The number of para-hydroxylation sites is 2. The minimum Gasteiger partial charge on any atom is -0.287 e. The van der Waals surface area contributed by atoms with Crippen molar-refractivity contribution in [3.05, 3.63) is 89.5 Å². The standard InChI is InChI=1S/C22H17N3S/c1-16-6-12-19(13-7-16)25-21-5-3-2-4-20(21)24-22(25)26-15-18-10-8-17(14-23)9-11-18/h2-13H,15H2,1H3. The van der Waals surface area contributed by atoms with Gasteiger partial charge >= 0.3 is 0 Å². The minimum atomic E-state index is 0.686. The third kappa shape index (κ3) is 3.22. The molecule has 0 N–H and O–H groups in total. The molecule has 0 aliphatic rings. The summed E-state index contributed by atoms with van der Waals surface area (Å²) in [6.45, 7) is 2.09. The maximum atomic E-state index is 8.93. The van der Waals surface area contributed by atoms with Crippen molar-refractivity contribution in [1.29, 1.82) is 5.26 Å². The number of aromatic nitrogens is 2. The topological polar surface area (TPSA) is 41.6 Å².